The molecule has 3 aromatic carbocycles. The molecule has 0 saturated carbocycles. The lowest BCUT2D eigenvalue weighted by molar-refractivity contribution is -0.128. The molecule has 0 aliphatic carbocycles. The van der Waals surface area contributed by atoms with Crippen LogP contribution in [0.1, 0.15) is 39.0 Å². The van der Waals surface area contributed by atoms with Crippen LogP contribution in [0.2, 0.25) is 0 Å². The van der Waals surface area contributed by atoms with Crippen molar-refractivity contribution in [3.8, 4) is 5.75 Å². The molecule has 51 heavy (non-hydrogen) atoms. The number of aliphatic hydroxyl groups is 1. The first-order chi connectivity index (χ1) is 24.4. The fraction of sp³-hybridized carbons (Fsp3) is 0.410. The first-order valence-corrected chi connectivity index (χ1v) is 18.9. The number of benzene rings is 3. The number of aliphatic hydroxyl groups excluding tert-OH is 1. The van der Waals surface area contributed by atoms with Crippen molar-refractivity contribution in [3.05, 3.63) is 102 Å². The zero-order valence-electron chi connectivity index (χ0n) is 30.0. The Bertz CT molecular complexity index is 1890. The summed E-state index contributed by atoms with van der Waals surface area (Å²) in [6, 6.07) is 25.4. The van der Waals surface area contributed by atoms with Gasteiger partial charge in [-0.1, -0.05) is 82.3 Å². The van der Waals surface area contributed by atoms with Gasteiger partial charge in [-0.3, -0.25) is 9.78 Å². The number of urea groups is 1. The van der Waals surface area contributed by atoms with Gasteiger partial charge in [0.2, 0.25) is 15.9 Å². The zero-order chi connectivity index (χ0) is 36.7. The number of hydrogen-bond donors (Lipinski definition) is 2. The molecule has 1 saturated heterocycles. The summed E-state index contributed by atoms with van der Waals surface area (Å²) in [5, 5.41) is 15.8. The molecule has 2 heterocycles. The van der Waals surface area contributed by atoms with Crippen molar-refractivity contribution in [1.82, 2.24) is 24.4 Å². The number of methoxy groups -OCH3 is 1. The first-order valence-electron chi connectivity index (χ1n) is 17.4. The lowest BCUT2D eigenvalue weighted by Crippen LogP contribution is -2.57. The Morgan fingerprint density at radius 2 is 1.61 bits per heavy atom. The summed E-state index contributed by atoms with van der Waals surface area (Å²) in [4.78, 5) is 36.1. The average molecular weight is 716 g/mol. The molecular formula is C39H49N5O6S. The molecule has 2 N–H and O–H groups in total. The van der Waals surface area contributed by atoms with E-state index in [1.807, 2.05) is 94.4 Å². The molecule has 12 heteroatoms. The second-order valence-corrected chi connectivity index (χ2v) is 15.8. The van der Waals surface area contributed by atoms with E-state index in [4.69, 9.17) is 9.72 Å². The van der Waals surface area contributed by atoms with E-state index < -0.39 is 34.1 Å². The van der Waals surface area contributed by atoms with Crippen LogP contribution in [0.3, 0.4) is 0 Å². The lowest BCUT2D eigenvalue weighted by atomic mass is 9.97. The Balaban J connectivity index is 1.35. The minimum absolute atomic E-state index is 0.0355. The van der Waals surface area contributed by atoms with Gasteiger partial charge in [-0.15, -0.1) is 0 Å². The van der Waals surface area contributed by atoms with E-state index in [1.54, 1.807) is 21.9 Å². The van der Waals surface area contributed by atoms with E-state index >= 15 is 0 Å². The molecular weight excluding hydrogens is 667 g/mol. The minimum atomic E-state index is -4.00. The van der Waals surface area contributed by atoms with Gasteiger partial charge in [0, 0.05) is 31.6 Å². The second-order valence-electron chi connectivity index (χ2n) is 13.8. The molecule has 4 aromatic rings. The highest BCUT2D eigenvalue weighted by molar-refractivity contribution is 7.89. The molecule has 0 unspecified atom stereocenters. The van der Waals surface area contributed by atoms with Crippen LogP contribution in [0, 0.1) is 11.8 Å². The topological polar surface area (TPSA) is 132 Å². The highest BCUT2D eigenvalue weighted by Crippen LogP contribution is 2.24. The smallest absolute Gasteiger partial charge is 0.321 e. The van der Waals surface area contributed by atoms with Crippen molar-refractivity contribution in [3.63, 3.8) is 0 Å². The number of nitrogens with one attached hydrogen (secondary N) is 1. The molecule has 1 aliphatic heterocycles. The van der Waals surface area contributed by atoms with Crippen LogP contribution in [0.15, 0.2) is 95.9 Å². The normalized spacial score (nSPS) is 15.5. The summed E-state index contributed by atoms with van der Waals surface area (Å²) in [5.41, 5.74) is 2.48. The number of rotatable bonds is 16. The Hall–Kier alpha value is -4.52. The minimum Gasteiger partial charge on any atom is -0.497 e. The monoisotopic (exact) mass is 715 g/mol. The van der Waals surface area contributed by atoms with E-state index in [-0.39, 0.29) is 42.3 Å². The highest BCUT2D eigenvalue weighted by atomic mass is 32.2. The fourth-order valence-electron chi connectivity index (χ4n) is 6.53. The number of carbonyl (C=O) groups excluding carboxylic acids is 2. The molecule has 3 atom stereocenters. The van der Waals surface area contributed by atoms with Gasteiger partial charge < -0.3 is 25.0 Å². The van der Waals surface area contributed by atoms with Crippen molar-refractivity contribution < 1.29 is 27.9 Å². The molecule has 1 aliphatic rings. The average Bonchev–Trinajstić information content (AvgIpc) is 3.46. The van der Waals surface area contributed by atoms with Gasteiger partial charge in [0.1, 0.15) is 11.8 Å². The third kappa shape index (κ3) is 9.24. The molecule has 11 nitrogen and oxygen atoms in total. The SMILES string of the molecule is COc1ccc(S(=O)(=O)N(CC(C)C)C[C@H](O)[C@H](Cc2ccccc2)NC(=O)[C@H](C(C)C)N2CCN(Cc3ccc4ccccc4n3)C2=O)cc1. The third-order valence-corrected chi connectivity index (χ3v) is 11.0. The predicted octanol–water partition coefficient (Wildman–Crippen LogP) is 4.94. The Morgan fingerprint density at radius 3 is 2.27 bits per heavy atom. The van der Waals surface area contributed by atoms with E-state index in [1.165, 1.54) is 23.5 Å². The molecule has 5 rings (SSSR count). The number of fused-ring (bicyclic) bond motifs is 1. The van der Waals surface area contributed by atoms with E-state index in [9.17, 15) is 23.1 Å². The first kappa shape index (κ1) is 37.7. The van der Waals surface area contributed by atoms with Gasteiger partial charge in [-0.2, -0.15) is 4.31 Å². The highest BCUT2D eigenvalue weighted by Gasteiger charge is 2.40. The zero-order valence-corrected chi connectivity index (χ0v) is 30.8. The van der Waals surface area contributed by atoms with Crippen LogP contribution < -0.4 is 10.1 Å². The van der Waals surface area contributed by atoms with Crippen molar-refractivity contribution in [1.29, 1.82) is 0 Å². The van der Waals surface area contributed by atoms with E-state index in [0.717, 1.165) is 22.2 Å². The predicted molar refractivity (Wildman–Crippen MR) is 198 cm³/mol. The van der Waals surface area contributed by atoms with Crippen LogP contribution in [0.5, 0.6) is 5.75 Å². The third-order valence-electron chi connectivity index (χ3n) is 9.12. The molecule has 1 fully saturated rings. The maximum Gasteiger partial charge on any atom is 0.321 e. The van der Waals surface area contributed by atoms with E-state index in [2.05, 4.69) is 5.32 Å². The molecule has 1 aromatic heterocycles. The van der Waals surface area contributed by atoms with Crippen LogP contribution in [-0.2, 0) is 27.8 Å². The fourth-order valence-corrected chi connectivity index (χ4v) is 8.15. The number of aromatic nitrogens is 1. The maximum absolute atomic E-state index is 14.2. The number of ether oxygens (including phenoxy) is 1. The number of carbonyl (C=O) groups is 2. The maximum atomic E-state index is 14.2. The number of hydrogen-bond acceptors (Lipinski definition) is 7. The number of amides is 3. The standard InChI is InChI=1S/C39H49N5O6S/c1-27(2)24-43(51(48,49)33-19-17-32(50-5)18-20-33)26-36(45)35(23-29-11-7-6-8-12-29)41-38(46)37(28(3)4)44-22-21-42(39(44)47)25-31-16-15-30-13-9-10-14-34(30)40-31/h6-20,27-28,35-37,45H,21-26H2,1-5H3,(H,41,46)/t35-,36-,37-/m0/s1. The number of pyridine rings is 1. The molecule has 3 amide bonds. The van der Waals surface area contributed by atoms with Crippen molar-refractivity contribution in [2.45, 2.75) is 63.7 Å². The summed E-state index contributed by atoms with van der Waals surface area (Å²) in [5.74, 6) is -0.154. The number of nitrogens with zero attached hydrogens (tertiary/aromatic N) is 4. The van der Waals surface area contributed by atoms with Gasteiger partial charge in [0.05, 0.1) is 41.9 Å². The Labute approximate surface area is 301 Å². The van der Waals surface area contributed by atoms with Crippen LogP contribution in [0.25, 0.3) is 10.9 Å². The van der Waals surface area contributed by atoms with Crippen LogP contribution in [0.4, 0.5) is 4.79 Å². The Kier molecular flexibility index (Phi) is 12.3. The molecule has 272 valence electrons. The second kappa shape index (κ2) is 16.7. The number of para-hydroxylation sites is 1. The summed E-state index contributed by atoms with van der Waals surface area (Å²) < 4.78 is 34.2. The van der Waals surface area contributed by atoms with Crippen LogP contribution >= 0.6 is 0 Å². The van der Waals surface area contributed by atoms with Gasteiger partial charge in [-0.05, 0) is 60.2 Å². The van der Waals surface area contributed by atoms with Gasteiger partial charge in [0.25, 0.3) is 0 Å². The number of sulfonamides is 1. The lowest BCUT2D eigenvalue weighted by Gasteiger charge is -2.34. The summed E-state index contributed by atoms with van der Waals surface area (Å²) in [7, 11) is -2.49. The van der Waals surface area contributed by atoms with Gasteiger partial charge >= 0.3 is 6.03 Å². The molecule has 0 spiro atoms. The van der Waals surface area contributed by atoms with Gasteiger partial charge in [-0.25, -0.2) is 13.2 Å². The van der Waals surface area contributed by atoms with Crippen molar-refractivity contribution >= 4 is 32.9 Å². The Morgan fingerprint density at radius 1 is 0.922 bits per heavy atom. The molecule has 0 radical (unpaired) electrons. The summed E-state index contributed by atoms with van der Waals surface area (Å²) in [6.07, 6.45) is -1.01. The van der Waals surface area contributed by atoms with Crippen molar-refractivity contribution in [2.75, 3.05) is 33.3 Å². The van der Waals surface area contributed by atoms with Crippen LogP contribution in [-0.4, -0.2) is 96.0 Å². The van der Waals surface area contributed by atoms with Crippen molar-refractivity contribution in [2.24, 2.45) is 11.8 Å². The quantitative estimate of drug-likeness (QED) is 0.168. The summed E-state index contributed by atoms with van der Waals surface area (Å²) in [6.45, 7) is 8.62. The molecule has 0 bridgehead atoms. The largest absolute Gasteiger partial charge is 0.497 e. The van der Waals surface area contributed by atoms with E-state index in [0.29, 0.717) is 25.4 Å². The summed E-state index contributed by atoms with van der Waals surface area (Å²) >= 11 is 0. The van der Waals surface area contributed by atoms with Gasteiger partial charge in [0.15, 0.2) is 0 Å².